The van der Waals surface area contributed by atoms with E-state index in [1.54, 1.807) is 0 Å². The van der Waals surface area contributed by atoms with Crippen LogP contribution in [0.2, 0.25) is 0 Å². The van der Waals surface area contributed by atoms with Crippen molar-refractivity contribution in [3.63, 3.8) is 0 Å². The molecule has 0 spiro atoms. The Balaban J connectivity index is 1.84. The maximum absolute atomic E-state index is 4.24. The maximum atomic E-state index is 4.24. The summed E-state index contributed by atoms with van der Waals surface area (Å²) in [6.07, 6.45) is 4.37. The molecule has 2 rings (SSSR count). The third kappa shape index (κ3) is 5.10. The Morgan fingerprint density at radius 2 is 1.80 bits per heavy atom. The monoisotopic (exact) mass is 284 g/mol. The minimum atomic E-state index is 0.996. The van der Waals surface area contributed by atoms with E-state index in [0.717, 1.165) is 11.3 Å². The second-order valence-electron chi connectivity index (χ2n) is 4.51. The third-order valence-electron chi connectivity index (χ3n) is 2.83. The summed E-state index contributed by atoms with van der Waals surface area (Å²) >= 11 is 1.91. The fourth-order valence-corrected chi connectivity index (χ4v) is 2.68. The van der Waals surface area contributed by atoms with Gasteiger partial charge in [0.2, 0.25) is 0 Å². The van der Waals surface area contributed by atoms with E-state index in [1.165, 1.54) is 23.5 Å². The third-order valence-corrected chi connectivity index (χ3v) is 3.93. The minimum Gasteiger partial charge on any atom is -0.279 e. The van der Waals surface area contributed by atoms with Gasteiger partial charge in [-0.05, 0) is 42.0 Å². The molecule has 20 heavy (non-hydrogen) atoms. The molecule has 0 aromatic heterocycles. The van der Waals surface area contributed by atoms with Gasteiger partial charge in [-0.2, -0.15) is 5.10 Å². The van der Waals surface area contributed by atoms with Crippen molar-refractivity contribution in [1.29, 1.82) is 0 Å². The minimum absolute atomic E-state index is 0.996. The zero-order valence-electron chi connectivity index (χ0n) is 11.8. The Labute approximate surface area is 125 Å². The van der Waals surface area contributed by atoms with Crippen LogP contribution in [-0.2, 0) is 0 Å². The van der Waals surface area contributed by atoms with Crippen LogP contribution in [0, 0.1) is 0 Å². The first-order valence-electron chi connectivity index (χ1n) is 6.95. The molecule has 1 N–H and O–H groups in total. The predicted molar refractivity (Wildman–Crippen MR) is 89.7 cm³/mol. The SMILES string of the molecule is CCCCSc1ccc(C=NNc2ccccc2)cc1. The highest BCUT2D eigenvalue weighted by Gasteiger charge is 1.94. The van der Waals surface area contributed by atoms with Crippen LogP contribution in [0.4, 0.5) is 5.69 Å². The van der Waals surface area contributed by atoms with E-state index in [2.05, 4.69) is 41.7 Å². The molecule has 2 aromatic rings. The number of unbranched alkanes of at least 4 members (excludes halogenated alkanes) is 1. The van der Waals surface area contributed by atoms with Gasteiger partial charge in [0, 0.05) is 4.90 Å². The van der Waals surface area contributed by atoms with E-state index in [4.69, 9.17) is 0 Å². The van der Waals surface area contributed by atoms with Crippen molar-refractivity contribution in [3.8, 4) is 0 Å². The van der Waals surface area contributed by atoms with Gasteiger partial charge in [-0.15, -0.1) is 11.8 Å². The van der Waals surface area contributed by atoms with Crippen LogP contribution < -0.4 is 5.43 Å². The number of nitrogens with one attached hydrogen (secondary N) is 1. The molecule has 0 saturated heterocycles. The van der Waals surface area contributed by atoms with Crippen molar-refractivity contribution in [2.75, 3.05) is 11.2 Å². The summed E-state index contributed by atoms with van der Waals surface area (Å²) in [5, 5.41) is 4.24. The average Bonchev–Trinajstić information content (AvgIpc) is 2.50. The van der Waals surface area contributed by atoms with E-state index in [-0.39, 0.29) is 0 Å². The van der Waals surface area contributed by atoms with E-state index in [1.807, 2.05) is 48.3 Å². The van der Waals surface area contributed by atoms with Crippen molar-refractivity contribution >= 4 is 23.7 Å². The van der Waals surface area contributed by atoms with Crippen molar-refractivity contribution in [2.24, 2.45) is 5.10 Å². The molecule has 0 saturated carbocycles. The van der Waals surface area contributed by atoms with Gasteiger partial charge >= 0.3 is 0 Å². The first kappa shape index (κ1) is 14.7. The number of hydrazone groups is 1. The highest BCUT2D eigenvalue weighted by atomic mass is 32.2. The lowest BCUT2D eigenvalue weighted by Gasteiger charge is -2.01. The number of benzene rings is 2. The highest BCUT2D eigenvalue weighted by molar-refractivity contribution is 7.99. The van der Waals surface area contributed by atoms with Crippen molar-refractivity contribution in [1.82, 2.24) is 0 Å². The van der Waals surface area contributed by atoms with Gasteiger partial charge in [-0.25, -0.2) is 0 Å². The first-order valence-corrected chi connectivity index (χ1v) is 7.94. The number of hydrogen-bond acceptors (Lipinski definition) is 3. The Morgan fingerprint density at radius 1 is 1.05 bits per heavy atom. The Kier molecular flexibility index (Phi) is 6.18. The Hall–Kier alpha value is -1.74. The van der Waals surface area contributed by atoms with Crippen LogP contribution in [0.3, 0.4) is 0 Å². The van der Waals surface area contributed by atoms with Crippen LogP contribution in [0.15, 0.2) is 64.6 Å². The molecular formula is C17H20N2S. The highest BCUT2D eigenvalue weighted by Crippen LogP contribution is 2.19. The fraction of sp³-hybridized carbons (Fsp3) is 0.235. The van der Waals surface area contributed by atoms with Crippen LogP contribution in [-0.4, -0.2) is 12.0 Å². The van der Waals surface area contributed by atoms with E-state index >= 15 is 0 Å². The molecule has 2 nitrogen and oxygen atoms in total. The van der Waals surface area contributed by atoms with Gasteiger partial charge in [-0.1, -0.05) is 43.7 Å². The number of thioether (sulfide) groups is 1. The van der Waals surface area contributed by atoms with Gasteiger partial charge in [0.1, 0.15) is 0 Å². The quantitative estimate of drug-likeness (QED) is 0.334. The number of para-hydroxylation sites is 1. The molecule has 3 heteroatoms. The zero-order chi connectivity index (χ0) is 14.0. The molecule has 0 heterocycles. The summed E-state index contributed by atoms with van der Waals surface area (Å²) in [5.41, 5.74) is 5.11. The van der Waals surface area contributed by atoms with Crippen LogP contribution in [0.5, 0.6) is 0 Å². The van der Waals surface area contributed by atoms with Crippen molar-refractivity contribution < 1.29 is 0 Å². The summed E-state index contributed by atoms with van der Waals surface area (Å²) in [7, 11) is 0. The summed E-state index contributed by atoms with van der Waals surface area (Å²) < 4.78 is 0. The molecular weight excluding hydrogens is 264 g/mol. The van der Waals surface area contributed by atoms with Crippen LogP contribution in [0.1, 0.15) is 25.3 Å². The van der Waals surface area contributed by atoms with E-state index in [9.17, 15) is 0 Å². The summed E-state index contributed by atoms with van der Waals surface area (Å²) in [4.78, 5) is 1.33. The van der Waals surface area contributed by atoms with Gasteiger partial charge in [0.15, 0.2) is 0 Å². The van der Waals surface area contributed by atoms with Gasteiger partial charge in [0.25, 0.3) is 0 Å². The van der Waals surface area contributed by atoms with E-state index < -0.39 is 0 Å². The number of anilines is 1. The largest absolute Gasteiger partial charge is 0.279 e. The molecule has 0 unspecified atom stereocenters. The zero-order valence-corrected chi connectivity index (χ0v) is 12.6. The number of hydrogen-bond donors (Lipinski definition) is 1. The number of rotatable bonds is 7. The summed E-state index contributed by atoms with van der Waals surface area (Å²) in [5.74, 6) is 1.19. The van der Waals surface area contributed by atoms with Crippen molar-refractivity contribution in [3.05, 3.63) is 60.2 Å². The lowest BCUT2D eigenvalue weighted by Crippen LogP contribution is -1.90. The smallest absolute Gasteiger partial charge is 0.0561 e. The van der Waals surface area contributed by atoms with Gasteiger partial charge in [-0.3, -0.25) is 5.43 Å². The lowest BCUT2D eigenvalue weighted by molar-refractivity contribution is 0.896. The van der Waals surface area contributed by atoms with Crippen LogP contribution >= 0.6 is 11.8 Å². The second kappa shape index (κ2) is 8.43. The average molecular weight is 284 g/mol. The molecule has 0 aliphatic carbocycles. The van der Waals surface area contributed by atoms with Gasteiger partial charge in [0.05, 0.1) is 11.9 Å². The molecule has 0 atom stereocenters. The summed E-state index contributed by atoms with van der Waals surface area (Å²) in [6.45, 7) is 2.22. The fourth-order valence-electron chi connectivity index (χ4n) is 1.68. The van der Waals surface area contributed by atoms with Crippen LogP contribution in [0.25, 0.3) is 0 Å². The normalized spacial score (nSPS) is 10.8. The molecule has 0 radical (unpaired) electrons. The molecule has 0 fully saturated rings. The number of nitrogens with zero attached hydrogens (tertiary/aromatic N) is 1. The Bertz CT molecular complexity index is 520. The van der Waals surface area contributed by atoms with Crippen molar-refractivity contribution in [2.45, 2.75) is 24.7 Å². The molecule has 2 aromatic carbocycles. The first-order chi connectivity index (χ1) is 9.88. The molecule has 0 aliphatic heterocycles. The second-order valence-corrected chi connectivity index (χ2v) is 5.68. The molecule has 0 amide bonds. The molecule has 0 aliphatic rings. The Morgan fingerprint density at radius 3 is 2.50 bits per heavy atom. The maximum Gasteiger partial charge on any atom is 0.0561 e. The standard InChI is InChI=1S/C17H20N2S/c1-2-3-13-20-17-11-9-15(10-12-17)14-18-19-16-7-5-4-6-8-16/h4-12,14,19H,2-3,13H2,1H3. The molecule has 0 bridgehead atoms. The lowest BCUT2D eigenvalue weighted by atomic mass is 10.2. The van der Waals surface area contributed by atoms with E-state index in [0.29, 0.717) is 0 Å². The predicted octanol–water partition coefficient (Wildman–Crippen LogP) is 5.02. The van der Waals surface area contributed by atoms with Gasteiger partial charge < -0.3 is 0 Å². The molecule has 104 valence electrons. The topological polar surface area (TPSA) is 24.4 Å². The summed E-state index contributed by atoms with van der Waals surface area (Å²) in [6, 6.07) is 18.5.